The molecule has 0 rings (SSSR count). The maximum atomic E-state index is 7.75. The Morgan fingerprint density at radius 1 is 1.25 bits per heavy atom. The predicted octanol–water partition coefficient (Wildman–Crippen LogP) is -0.279. The summed E-state index contributed by atoms with van der Waals surface area (Å²) >= 11 is 0. The first-order chi connectivity index (χ1) is 1.00. The van der Waals surface area contributed by atoms with Crippen molar-refractivity contribution < 1.29 is 42.9 Å². The molecule has 0 aromatic heterocycles. The van der Waals surface area contributed by atoms with E-state index in [4.69, 9.17) is 4.79 Å². The molecule has 0 unspecified atom stereocenters. The summed E-state index contributed by atoms with van der Waals surface area (Å²) in [6.45, 7) is 3.25. The minimum absolute atomic E-state index is 0. The molecule has 0 amide bonds. The molecule has 0 atom stereocenters. The maximum absolute atomic E-state index is 7.75. The molecule has 0 aliphatic carbocycles. The number of hydrogen-bond acceptors (Lipinski definition) is 1. The Bertz CT molecular complexity index is 8.00. The van der Waals surface area contributed by atoms with Gasteiger partial charge in [-0.05, 0) is 0 Å². The van der Waals surface area contributed by atoms with Crippen LogP contribution in [0, 0.1) is 0 Å². The van der Waals surface area contributed by atoms with Crippen LogP contribution in [0.4, 0.5) is 0 Å². The summed E-state index contributed by atoms with van der Waals surface area (Å²) in [6, 6.07) is 0. The van der Waals surface area contributed by atoms with Gasteiger partial charge in [0.15, 0.2) is 0 Å². The van der Waals surface area contributed by atoms with Crippen molar-refractivity contribution in [1.82, 2.24) is 0 Å². The zero-order valence-corrected chi connectivity index (χ0v) is 4.86. The quantitative estimate of drug-likeness (QED) is 0.285. The minimum Gasteiger partial charge on any atom is -0.545 e. The Morgan fingerprint density at radius 2 is 1.25 bits per heavy atom. The molecule has 1 nitrogen and oxygen atoms in total. The van der Waals surface area contributed by atoms with E-state index in [0.29, 0.717) is 0 Å². The molecule has 0 aromatic carbocycles. The van der Waals surface area contributed by atoms with Crippen LogP contribution in [0.25, 0.3) is 0 Å². The first-order valence-electron chi connectivity index (χ1n) is 0.236. The van der Waals surface area contributed by atoms with Crippen molar-refractivity contribution in [2.75, 3.05) is 0 Å². The van der Waals surface area contributed by atoms with Crippen molar-refractivity contribution in [3.8, 4) is 0 Å². The fraction of sp³-hybridized carbons (Fsp3) is 0. The molecule has 0 aromatic rings. The van der Waals surface area contributed by atoms with Gasteiger partial charge in [-0.15, -0.1) is 0 Å². The smallest absolute Gasteiger partial charge is 0 e. The molecule has 3 heteroatoms. The average Bonchev–Trinajstić information content (AvgIpc) is 1.00. The van der Waals surface area contributed by atoms with Gasteiger partial charge in [0, 0.05) is 38.1 Å². The van der Waals surface area contributed by atoms with Crippen LogP contribution < -0.4 is 0 Å². The van der Waals surface area contributed by atoms with E-state index in [2.05, 4.69) is 6.79 Å². The van der Waals surface area contributed by atoms with E-state index in [1.807, 2.05) is 0 Å². The Morgan fingerprint density at radius 3 is 1.25 bits per heavy atom. The third kappa shape index (κ3) is 13.2. The van der Waals surface area contributed by atoms with Gasteiger partial charge in [-0.2, -0.15) is 0 Å². The topological polar surface area (TPSA) is 17.1 Å². The third-order valence-electron chi connectivity index (χ3n) is 0. The van der Waals surface area contributed by atoms with Crippen LogP contribution in [0.1, 0.15) is 0 Å². The largest absolute Gasteiger partial charge is 0.545 e. The van der Waals surface area contributed by atoms with Crippen LogP contribution in [0.2, 0.25) is 0 Å². The molecule has 0 bridgehead atoms. The van der Waals surface area contributed by atoms with Crippen LogP contribution in [0.3, 0.4) is 0 Å². The summed E-state index contributed by atoms with van der Waals surface area (Å²) in [5.41, 5.74) is 0. The molecule has 0 N–H and O–H groups in total. The summed E-state index contributed by atoms with van der Waals surface area (Å²) in [7, 11) is 0. The second-order valence-electron chi connectivity index (χ2n) is 0. The Balaban J connectivity index is -0.00000000500. The summed E-state index contributed by atoms with van der Waals surface area (Å²) < 4.78 is 0. The van der Waals surface area contributed by atoms with Gasteiger partial charge in [-0.1, -0.05) is 0 Å². The molecule has 0 heterocycles. The molecule has 0 aliphatic rings. The molecule has 0 radical (unpaired) electrons. The minimum atomic E-state index is 0. The van der Waals surface area contributed by atoms with Crippen LogP contribution in [0.5, 0.6) is 0 Å². The van der Waals surface area contributed by atoms with Crippen molar-refractivity contribution in [2.45, 2.75) is 0 Å². The molecule has 0 saturated carbocycles. The second-order valence-corrected chi connectivity index (χ2v) is 0. The summed E-state index contributed by atoms with van der Waals surface area (Å²) in [5, 5.41) is 0. The van der Waals surface area contributed by atoms with E-state index in [1.54, 1.807) is 0 Å². The van der Waals surface area contributed by atoms with Crippen molar-refractivity contribution in [2.24, 2.45) is 0 Å². The standard InChI is InChI=1S/CHO.Fe.Mo/c1-2;;/h1H;;/q-1;;. The molecule has 26 valence electrons. The summed E-state index contributed by atoms with van der Waals surface area (Å²) in [5.74, 6) is 0. The van der Waals surface area contributed by atoms with E-state index in [9.17, 15) is 0 Å². The van der Waals surface area contributed by atoms with Gasteiger partial charge in [0.05, 0.1) is 0 Å². The fourth-order valence-corrected chi connectivity index (χ4v) is 0. The zero-order valence-electron chi connectivity index (χ0n) is 1.75. The third-order valence-corrected chi connectivity index (χ3v) is 0. The Labute approximate surface area is 49.9 Å². The molecule has 0 saturated heterocycles. The van der Waals surface area contributed by atoms with E-state index in [1.165, 1.54) is 0 Å². The second kappa shape index (κ2) is 41.7. The molecular weight excluding hydrogens is 180 g/mol. The Kier molecular flexibility index (Phi) is 217. The van der Waals surface area contributed by atoms with E-state index in [0.717, 1.165) is 0 Å². The van der Waals surface area contributed by atoms with E-state index >= 15 is 0 Å². The van der Waals surface area contributed by atoms with Gasteiger partial charge in [0.25, 0.3) is 0 Å². The number of hydrogen-bond donors (Lipinski definition) is 0. The maximum Gasteiger partial charge on any atom is 0 e. The van der Waals surface area contributed by atoms with Crippen molar-refractivity contribution >= 4 is 6.79 Å². The van der Waals surface area contributed by atoms with Crippen LogP contribution in [-0.4, -0.2) is 6.79 Å². The van der Waals surface area contributed by atoms with Gasteiger partial charge in [0.1, 0.15) is 0 Å². The molecule has 4 heavy (non-hydrogen) atoms. The first-order valence-corrected chi connectivity index (χ1v) is 0.236. The van der Waals surface area contributed by atoms with Crippen molar-refractivity contribution in [3.63, 3.8) is 0 Å². The van der Waals surface area contributed by atoms with Gasteiger partial charge < -0.3 is 4.79 Å². The van der Waals surface area contributed by atoms with Crippen molar-refractivity contribution in [3.05, 3.63) is 0 Å². The SMILES string of the molecule is [CH-]=O.[Fe].[Mo]. The molecule has 0 fully saturated rings. The van der Waals surface area contributed by atoms with E-state index < -0.39 is 0 Å². The predicted molar refractivity (Wildman–Crippen MR) is 6.75 cm³/mol. The fourth-order valence-electron chi connectivity index (χ4n) is 0. The number of rotatable bonds is 0. The Hall–Kier alpha value is 0.878. The molecule has 0 aliphatic heterocycles. The van der Waals surface area contributed by atoms with Gasteiger partial charge in [-0.25, -0.2) is 0 Å². The molecular formula is CHFeMoO-. The monoisotopic (exact) mass is 183 g/mol. The molecule has 0 spiro atoms. The first kappa shape index (κ1) is 20.8. The van der Waals surface area contributed by atoms with Gasteiger partial charge in [-0.3, -0.25) is 6.79 Å². The van der Waals surface area contributed by atoms with Crippen molar-refractivity contribution in [1.29, 1.82) is 0 Å². The van der Waals surface area contributed by atoms with Gasteiger partial charge >= 0.3 is 0 Å². The average molecular weight is 181 g/mol. The van der Waals surface area contributed by atoms with Crippen LogP contribution in [-0.2, 0) is 42.9 Å². The van der Waals surface area contributed by atoms with Crippen LogP contribution in [0.15, 0.2) is 0 Å². The van der Waals surface area contributed by atoms with Crippen LogP contribution >= 0.6 is 0 Å². The summed E-state index contributed by atoms with van der Waals surface area (Å²) in [4.78, 5) is 7.75. The summed E-state index contributed by atoms with van der Waals surface area (Å²) in [6.07, 6.45) is 0. The van der Waals surface area contributed by atoms with Gasteiger partial charge in [0.2, 0.25) is 0 Å². The van der Waals surface area contributed by atoms with E-state index in [-0.39, 0.29) is 38.1 Å². The zero-order chi connectivity index (χ0) is 2.00. The number of carbonyl (C=O) groups excluding carboxylic acids is 1. The normalized spacial score (nSPS) is 1.00.